The number of aliphatic hydroxyl groups is 1. The van der Waals surface area contributed by atoms with Crippen LogP contribution in [0.1, 0.15) is 36.6 Å². The molecule has 34 heavy (non-hydrogen) atoms. The third kappa shape index (κ3) is 4.22. The second-order valence-corrected chi connectivity index (χ2v) is 9.43. The molecule has 0 saturated carbocycles. The minimum atomic E-state index is -0.443. The van der Waals surface area contributed by atoms with E-state index < -0.39 is 5.41 Å². The van der Waals surface area contributed by atoms with Crippen LogP contribution in [0.15, 0.2) is 30.6 Å². The maximum Gasteiger partial charge on any atom is 0.227 e. The van der Waals surface area contributed by atoms with Gasteiger partial charge < -0.3 is 20.5 Å². The van der Waals surface area contributed by atoms with Gasteiger partial charge in [-0.1, -0.05) is 6.92 Å². The van der Waals surface area contributed by atoms with E-state index in [0.29, 0.717) is 29.7 Å². The lowest BCUT2D eigenvalue weighted by Crippen LogP contribution is -2.28. The van der Waals surface area contributed by atoms with Crippen LogP contribution in [0.3, 0.4) is 0 Å². The summed E-state index contributed by atoms with van der Waals surface area (Å²) in [4.78, 5) is 9.10. The standard InChI is InChI=1S/C25H29N7O2/c1-16-22(13-32(31-16)12-17-4-7-34-8-5-17)30-24-27-6-3-21(29-24)18-9-19(11-26)23-20(10-18)25(2,15-33)14-28-23/h3,6,9-10,13,17,28,33H,4-5,7-8,12,14-15H2,1-2H3,(H,27,29,30). The molecule has 1 saturated heterocycles. The van der Waals surface area contributed by atoms with Crippen molar-refractivity contribution < 1.29 is 9.84 Å². The summed E-state index contributed by atoms with van der Waals surface area (Å²) in [5, 5.41) is 30.9. The monoisotopic (exact) mass is 459 g/mol. The average molecular weight is 460 g/mol. The lowest BCUT2D eigenvalue weighted by Gasteiger charge is -2.21. The molecular formula is C25H29N7O2. The topological polar surface area (TPSA) is 121 Å². The molecule has 3 N–H and O–H groups in total. The minimum Gasteiger partial charge on any atom is -0.395 e. The van der Waals surface area contributed by atoms with Crippen LogP contribution in [0.4, 0.5) is 17.3 Å². The van der Waals surface area contributed by atoms with Gasteiger partial charge in [0.25, 0.3) is 0 Å². The Labute approximate surface area is 198 Å². The van der Waals surface area contributed by atoms with E-state index in [4.69, 9.17) is 9.72 Å². The second kappa shape index (κ2) is 9.05. The van der Waals surface area contributed by atoms with E-state index in [0.717, 1.165) is 60.8 Å². The predicted octanol–water partition coefficient (Wildman–Crippen LogP) is 3.37. The molecule has 0 amide bonds. The van der Waals surface area contributed by atoms with Crippen molar-refractivity contribution in [1.82, 2.24) is 19.7 Å². The summed E-state index contributed by atoms with van der Waals surface area (Å²) in [6.07, 6.45) is 5.82. The fraction of sp³-hybridized carbons (Fsp3) is 0.440. The quantitative estimate of drug-likeness (QED) is 0.513. The number of rotatable bonds is 6. The maximum atomic E-state index is 9.96. The van der Waals surface area contributed by atoms with Gasteiger partial charge in [0, 0.05) is 49.7 Å². The Morgan fingerprint density at radius 3 is 2.94 bits per heavy atom. The van der Waals surface area contributed by atoms with Crippen LogP contribution >= 0.6 is 0 Å². The summed E-state index contributed by atoms with van der Waals surface area (Å²) >= 11 is 0. The summed E-state index contributed by atoms with van der Waals surface area (Å²) in [6, 6.07) is 7.94. The highest BCUT2D eigenvalue weighted by Crippen LogP contribution is 2.41. The molecule has 0 spiro atoms. The van der Waals surface area contributed by atoms with Gasteiger partial charge in [-0.3, -0.25) is 4.68 Å². The van der Waals surface area contributed by atoms with Crippen LogP contribution < -0.4 is 10.6 Å². The zero-order valence-electron chi connectivity index (χ0n) is 19.5. The molecule has 9 nitrogen and oxygen atoms in total. The number of anilines is 3. The van der Waals surface area contributed by atoms with Crippen molar-refractivity contribution in [1.29, 1.82) is 5.26 Å². The molecule has 1 unspecified atom stereocenters. The molecule has 3 aromatic rings. The Morgan fingerprint density at radius 2 is 2.18 bits per heavy atom. The van der Waals surface area contributed by atoms with Crippen molar-refractivity contribution in [3.8, 4) is 17.3 Å². The minimum absolute atomic E-state index is 0.00491. The number of nitrogens with zero attached hydrogens (tertiary/aromatic N) is 5. The van der Waals surface area contributed by atoms with E-state index in [9.17, 15) is 10.4 Å². The Kier molecular flexibility index (Phi) is 5.94. The van der Waals surface area contributed by atoms with Crippen molar-refractivity contribution in [2.75, 3.05) is 37.0 Å². The number of aromatic nitrogens is 4. The highest BCUT2D eigenvalue weighted by molar-refractivity contribution is 5.76. The summed E-state index contributed by atoms with van der Waals surface area (Å²) < 4.78 is 7.44. The summed E-state index contributed by atoms with van der Waals surface area (Å²) in [7, 11) is 0. The first kappa shape index (κ1) is 22.3. The number of benzene rings is 1. The molecule has 4 heterocycles. The number of hydrogen-bond donors (Lipinski definition) is 3. The van der Waals surface area contributed by atoms with Crippen molar-refractivity contribution in [3.63, 3.8) is 0 Å². The molecule has 9 heteroatoms. The van der Waals surface area contributed by atoms with Gasteiger partial charge >= 0.3 is 0 Å². The largest absolute Gasteiger partial charge is 0.395 e. The lowest BCUT2D eigenvalue weighted by molar-refractivity contribution is 0.0601. The number of hydrogen-bond acceptors (Lipinski definition) is 8. The number of aliphatic hydroxyl groups excluding tert-OH is 1. The molecule has 176 valence electrons. The average Bonchev–Trinajstić information content (AvgIpc) is 3.38. The van der Waals surface area contributed by atoms with Crippen molar-refractivity contribution in [2.24, 2.45) is 5.92 Å². The normalized spacial score (nSPS) is 19.9. The summed E-state index contributed by atoms with van der Waals surface area (Å²) in [5.74, 6) is 1.04. The number of fused-ring (bicyclic) bond motifs is 1. The first-order chi connectivity index (χ1) is 16.5. The highest BCUT2D eigenvalue weighted by atomic mass is 16.5. The molecule has 0 aliphatic carbocycles. The van der Waals surface area contributed by atoms with Crippen LogP contribution in [0.5, 0.6) is 0 Å². The lowest BCUT2D eigenvalue weighted by atomic mass is 9.83. The number of aryl methyl sites for hydroxylation is 1. The zero-order valence-corrected chi connectivity index (χ0v) is 19.5. The van der Waals surface area contributed by atoms with E-state index in [1.54, 1.807) is 6.20 Å². The van der Waals surface area contributed by atoms with Crippen LogP contribution in [0.25, 0.3) is 11.3 Å². The van der Waals surface area contributed by atoms with Crippen LogP contribution in [-0.2, 0) is 16.7 Å². The Bertz CT molecular complexity index is 1240. The van der Waals surface area contributed by atoms with Gasteiger partial charge in [-0.05, 0) is 49.4 Å². The van der Waals surface area contributed by atoms with Gasteiger partial charge in [-0.15, -0.1) is 0 Å². The van der Waals surface area contributed by atoms with Crippen molar-refractivity contribution >= 4 is 17.3 Å². The molecule has 1 atom stereocenters. The summed E-state index contributed by atoms with van der Waals surface area (Å²) in [6.45, 7) is 7.05. The van der Waals surface area contributed by atoms with E-state index in [1.165, 1.54) is 0 Å². The molecule has 1 aromatic carbocycles. The van der Waals surface area contributed by atoms with Gasteiger partial charge in [0.2, 0.25) is 5.95 Å². The van der Waals surface area contributed by atoms with Gasteiger partial charge in [-0.25, -0.2) is 9.97 Å². The SMILES string of the molecule is Cc1nn(CC2CCOCC2)cc1Nc1nccc(-c2cc(C#N)c3c(c2)C(C)(CO)CN3)n1. The molecule has 2 aliphatic rings. The number of ether oxygens (including phenoxy) is 1. The highest BCUT2D eigenvalue weighted by Gasteiger charge is 2.36. The fourth-order valence-electron chi connectivity index (χ4n) is 4.69. The molecule has 2 aliphatic heterocycles. The number of nitrogens with one attached hydrogen (secondary N) is 2. The Hall–Kier alpha value is -3.48. The van der Waals surface area contributed by atoms with Gasteiger partial charge in [0.15, 0.2) is 0 Å². The first-order valence-electron chi connectivity index (χ1n) is 11.6. The molecule has 2 aromatic heterocycles. The predicted molar refractivity (Wildman–Crippen MR) is 129 cm³/mol. The van der Waals surface area contributed by atoms with E-state index >= 15 is 0 Å². The van der Waals surface area contributed by atoms with Gasteiger partial charge in [-0.2, -0.15) is 10.4 Å². The maximum absolute atomic E-state index is 9.96. The Balaban J connectivity index is 1.40. The van der Waals surface area contributed by atoms with Gasteiger partial charge in [0.1, 0.15) is 6.07 Å². The van der Waals surface area contributed by atoms with Gasteiger partial charge in [0.05, 0.1) is 34.9 Å². The second-order valence-electron chi connectivity index (χ2n) is 9.43. The van der Waals surface area contributed by atoms with Crippen LogP contribution in [0, 0.1) is 24.2 Å². The third-order valence-corrected chi connectivity index (χ3v) is 6.84. The van der Waals surface area contributed by atoms with Crippen molar-refractivity contribution in [3.05, 3.63) is 47.4 Å². The van der Waals surface area contributed by atoms with Crippen LogP contribution in [-0.4, -0.2) is 51.2 Å². The molecule has 5 rings (SSSR count). The smallest absolute Gasteiger partial charge is 0.227 e. The third-order valence-electron chi connectivity index (χ3n) is 6.84. The van der Waals surface area contributed by atoms with Crippen LogP contribution in [0.2, 0.25) is 0 Å². The molecule has 1 fully saturated rings. The summed E-state index contributed by atoms with van der Waals surface area (Å²) in [5.41, 5.74) is 5.10. The molecular weight excluding hydrogens is 430 g/mol. The zero-order chi connectivity index (χ0) is 23.7. The van der Waals surface area contributed by atoms with E-state index in [1.807, 2.05) is 42.9 Å². The fourth-order valence-corrected chi connectivity index (χ4v) is 4.69. The van der Waals surface area contributed by atoms with E-state index in [2.05, 4.69) is 26.8 Å². The van der Waals surface area contributed by atoms with Crippen molar-refractivity contribution in [2.45, 2.75) is 38.6 Å². The van der Waals surface area contributed by atoms with E-state index in [-0.39, 0.29) is 6.61 Å². The first-order valence-corrected chi connectivity index (χ1v) is 11.6. The number of nitriles is 1. The molecule has 0 bridgehead atoms. The Morgan fingerprint density at radius 1 is 1.35 bits per heavy atom. The molecule has 0 radical (unpaired) electrons.